The number of para-hydroxylation sites is 2. The molecule has 0 aliphatic heterocycles. The molecule has 2 heterocycles. The number of fused-ring (bicyclic) bond motifs is 1. The van der Waals surface area contributed by atoms with Gasteiger partial charge in [0.25, 0.3) is 0 Å². The molecule has 0 fully saturated rings. The second-order valence-corrected chi connectivity index (χ2v) is 4.52. The first-order chi connectivity index (χ1) is 10.3. The Bertz CT molecular complexity index is 768. The maximum atomic E-state index is 12.1. The van der Waals surface area contributed by atoms with Crippen LogP contribution in [0.15, 0.2) is 48.7 Å². The topological polar surface area (TPSA) is 80.0 Å². The van der Waals surface area contributed by atoms with Crippen molar-refractivity contribution in [2.45, 2.75) is 13.2 Å². The molecule has 106 valence electrons. The zero-order chi connectivity index (χ0) is 14.7. The maximum Gasteiger partial charge on any atom is 0.245 e. The molecule has 3 rings (SSSR count). The van der Waals surface area contributed by atoms with Crippen molar-refractivity contribution >= 4 is 22.8 Å². The fourth-order valence-corrected chi connectivity index (χ4v) is 2.19. The molecule has 0 atom stereocenters. The van der Waals surface area contributed by atoms with Crippen molar-refractivity contribution in [3.63, 3.8) is 0 Å². The number of nitrogens with one attached hydrogen (secondary N) is 1. The summed E-state index contributed by atoms with van der Waals surface area (Å²) in [6, 6.07) is 12.8. The number of anilines is 1. The van der Waals surface area contributed by atoms with Crippen LogP contribution in [0.5, 0.6) is 0 Å². The number of hydrogen-bond donors (Lipinski definition) is 2. The number of aliphatic hydroxyl groups is 1. The smallest absolute Gasteiger partial charge is 0.245 e. The summed E-state index contributed by atoms with van der Waals surface area (Å²) in [5.41, 5.74) is 1.57. The molecule has 6 nitrogen and oxygen atoms in total. The molecule has 2 aromatic heterocycles. The third-order valence-electron chi connectivity index (χ3n) is 3.11. The number of carbonyl (C=O) groups excluding carboxylic acids is 1. The highest BCUT2D eigenvalue weighted by molar-refractivity contribution is 5.90. The lowest BCUT2D eigenvalue weighted by atomic mass is 10.3. The van der Waals surface area contributed by atoms with Gasteiger partial charge in [0.15, 0.2) is 0 Å². The van der Waals surface area contributed by atoms with Gasteiger partial charge in [0.2, 0.25) is 5.91 Å². The molecule has 3 aromatic rings. The Morgan fingerprint density at radius 1 is 1.19 bits per heavy atom. The maximum absolute atomic E-state index is 12.1. The molecule has 2 N–H and O–H groups in total. The monoisotopic (exact) mass is 282 g/mol. The summed E-state index contributed by atoms with van der Waals surface area (Å²) in [5.74, 6) is 0.747. The van der Waals surface area contributed by atoms with Crippen molar-refractivity contribution < 1.29 is 9.90 Å². The Morgan fingerprint density at radius 2 is 2.00 bits per heavy atom. The van der Waals surface area contributed by atoms with Crippen LogP contribution in [0.2, 0.25) is 0 Å². The molecule has 0 spiro atoms. The number of imidazole rings is 1. The van der Waals surface area contributed by atoms with E-state index in [1.165, 1.54) is 0 Å². The van der Waals surface area contributed by atoms with Crippen LogP contribution in [-0.2, 0) is 17.9 Å². The minimum Gasteiger partial charge on any atom is -0.388 e. The van der Waals surface area contributed by atoms with Crippen LogP contribution >= 0.6 is 0 Å². The average molecular weight is 282 g/mol. The highest BCUT2D eigenvalue weighted by Crippen LogP contribution is 2.16. The van der Waals surface area contributed by atoms with Crippen LogP contribution in [0.1, 0.15) is 5.82 Å². The van der Waals surface area contributed by atoms with Gasteiger partial charge in [0.05, 0.1) is 11.0 Å². The number of hydrogen-bond acceptors (Lipinski definition) is 4. The van der Waals surface area contributed by atoms with Gasteiger partial charge in [-0.05, 0) is 24.3 Å². The Balaban J connectivity index is 1.85. The zero-order valence-corrected chi connectivity index (χ0v) is 11.2. The molecule has 0 radical (unpaired) electrons. The summed E-state index contributed by atoms with van der Waals surface area (Å²) in [5, 5.41) is 12.1. The minimum absolute atomic E-state index is 0.0764. The zero-order valence-electron chi connectivity index (χ0n) is 11.2. The second-order valence-electron chi connectivity index (χ2n) is 4.52. The fraction of sp³-hybridized carbons (Fsp3) is 0.133. The van der Waals surface area contributed by atoms with E-state index in [1.54, 1.807) is 29.0 Å². The summed E-state index contributed by atoms with van der Waals surface area (Å²) >= 11 is 0. The Hall–Kier alpha value is -2.73. The quantitative estimate of drug-likeness (QED) is 0.761. The van der Waals surface area contributed by atoms with Gasteiger partial charge in [0.1, 0.15) is 24.8 Å². The first-order valence-electron chi connectivity index (χ1n) is 6.54. The van der Waals surface area contributed by atoms with E-state index in [-0.39, 0.29) is 19.1 Å². The highest BCUT2D eigenvalue weighted by atomic mass is 16.3. The van der Waals surface area contributed by atoms with E-state index in [0.717, 1.165) is 11.0 Å². The first-order valence-corrected chi connectivity index (χ1v) is 6.54. The molecule has 0 saturated heterocycles. The Labute approximate surface area is 121 Å². The first kappa shape index (κ1) is 13.3. The fourth-order valence-electron chi connectivity index (χ4n) is 2.19. The largest absolute Gasteiger partial charge is 0.388 e. The molecule has 1 amide bonds. The summed E-state index contributed by atoms with van der Waals surface area (Å²) in [7, 11) is 0. The van der Waals surface area contributed by atoms with Gasteiger partial charge in [-0.1, -0.05) is 18.2 Å². The standard InChI is InChI=1S/C15H14N4O2/c20-10-14-17-11-5-1-2-6-12(11)19(14)9-15(21)18-13-7-3-4-8-16-13/h1-8,20H,9-10H2,(H,16,18,21). The highest BCUT2D eigenvalue weighted by Gasteiger charge is 2.13. The van der Waals surface area contributed by atoms with Crippen LogP contribution in [-0.4, -0.2) is 25.5 Å². The lowest BCUT2D eigenvalue weighted by molar-refractivity contribution is -0.116. The van der Waals surface area contributed by atoms with Crippen molar-refractivity contribution in [3.05, 3.63) is 54.5 Å². The van der Waals surface area contributed by atoms with E-state index >= 15 is 0 Å². The van der Waals surface area contributed by atoms with Crippen LogP contribution in [0.25, 0.3) is 11.0 Å². The van der Waals surface area contributed by atoms with Crippen molar-refractivity contribution in [2.75, 3.05) is 5.32 Å². The number of aromatic nitrogens is 3. The van der Waals surface area contributed by atoms with Crippen molar-refractivity contribution in [1.29, 1.82) is 0 Å². The van der Waals surface area contributed by atoms with Crippen molar-refractivity contribution in [1.82, 2.24) is 14.5 Å². The molecule has 21 heavy (non-hydrogen) atoms. The van der Waals surface area contributed by atoms with E-state index in [0.29, 0.717) is 11.6 Å². The molecule has 0 bridgehead atoms. The Morgan fingerprint density at radius 3 is 2.76 bits per heavy atom. The number of amides is 1. The summed E-state index contributed by atoms with van der Waals surface area (Å²) < 4.78 is 1.70. The normalized spacial score (nSPS) is 10.7. The van der Waals surface area contributed by atoms with Crippen LogP contribution < -0.4 is 5.32 Å². The molecular weight excluding hydrogens is 268 g/mol. The molecule has 0 aliphatic rings. The van der Waals surface area contributed by atoms with E-state index in [4.69, 9.17) is 0 Å². The van der Waals surface area contributed by atoms with Crippen LogP contribution in [0, 0.1) is 0 Å². The van der Waals surface area contributed by atoms with Gasteiger partial charge in [-0.25, -0.2) is 9.97 Å². The molecular formula is C15H14N4O2. The number of benzene rings is 1. The van der Waals surface area contributed by atoms with Gasteiger partial charge in [-0.2, -0.15) is 0 Å². The average Bonchev–Trinajstić information content (AvgIpc) is 2.86. The predicted molar refractivity (Wildman–Crippen MR) is 78.5 cm³/mol. The van der Waals surface area contributed by atoms with Crippen LogP contribution in [0.4, 0.5) is 5.82 Å². The van der Waals surface area contributed by atoms with Gasteiger partial charge < -0.3 is 15.0 Å². The number of pyridine rings is 1. The lowest BCUT2D eigenvalue weighted by Gasteiger charge is -2.08. The molecule has 1 aromatic carbocycles. The van der Waals surface area contributed by atoms with Gasteiger partial charge in [-0.15, -0.1) is 0 Å². The van der Waals surface area contributed by atoms with E-state index in [9.17, 15) is 9.90 Å². The number of carbonyl (C=O) groups is 1. The minimum atomic E-state index is -0.217. The molecule has 6 heteroatoms. The third-order valence-corrected chi connectivity index (χ3v) is 3.11. The molecule has 0 aliphatic carbocycles. The van der Waals surface area contributed by atoms with Crippen molar-refractivity contribution in [3.8, 4) is 0 Å². The van der Waals surface area contributed by atoms with Gasteiger partial charge in [-0.3, -0.25) is 4.79 Å². The van der Waals surface area contributed by atoms with E-state index in [2.05, 4.69) is 15.3 Å². The number of aliphatic hydroxyl groups excluding tert-OH is 1. The number of rotatable bonds is 4. The van der Waals surface area contributed by atoms with Crippen molar-refractivity contribution in [2.24, 2.45) is 0 Å². The number of nitrogens with zero attached hydrogens (tertiary/aromatic N) is 3. The molecule has 0 unspecified atom stereocenters. The summed E-state index contributed by atoms with van der Waals surface area (Å²) in [6.07, 6.45) is 1.61. The summed E-state index contributed by atoms with van der Waals surface area (Å²) in [6.45, 7) is -0.140. The van der Waals surface area contributed by atoms with E-state index < -0.39 is 0 Å². The predicted octanol–water partition coefficient (Wildman–Crippen LogP) is 1.56. The SMILES string of the molecule is O=C(Cn1c(CO)nc2ccccc21)Nc1ccccn1. The third kappa shape index (κ3) is 2.75. The van der Waals surface area contributed by atoms with Gasteiger partial charge >= 0.3 is 0 Å². The van der Waals surface area contributed by atoms with Gasteiger partial charge in [0, 0.05) is 6.20 Å². The summed E-state index contributed by atoms with van der Waals surface area (Å²) in [4.78, 5) is 20.5. The van der Waals surface area contributed by atoms with E-state index in [1.807, 2.05) is 24.3 Å². The Kier molecular flexibility index (Phi) is 3.61. The molecule has 0 saturated carbocycles. The lowest BCUT2D eigenvalue weighted by Crippen LogP contribution is -2.20. The second kappa shape index (κ2) is 5.72. The van der Waals surface area contributed by atoms with Crippen LogP contribution in [0.3, 0.4) is 0 Å².